The van der Waals surface area contributed by atoms with Crippen LogP contribution in [0.3, 0.4) is 0 Å². The summed E-state index contributed by atoms with van der Waals surface area (Å²) in [4.78, 5) is 1.11. The van der Waals surface area contributed by atoms with Gasteiger partial charge >= 0.3 is 0 Å². The summed E-state index contributed by atoms with van der Waals surface area (Å²) in [7, 11) is -3.34. The maximum atomic E-state index is 12.3. The summed E-state index contributed by atoms with van der Waals surface area (Å²) in [6.45, 7) is 8.46. The molecule has 2 N–H and O–H groups in total. The van der Waals surface area contributed by atoms with E-state index in [1.54, 1.807) is 6.07 Å². The van der Waals surface area contributed by atoms with E-state index in [2.05, 4.69) is 23.9 Å². The molecule has 6 heteroatoms. The molecule has 1 aliphatic carbocycles. The Morgan fingerprint density at radius 3 is 2.70 bits per heavy atom. The first-order chi connectivity index (χ1) is 9.36. The lowest BCUT2D eigenvalue weighted by Crippen LogP contribution is -2.28. The van der Waals surface area contributed by atoms with Gasteiger partial charge in [0.25, 0.3) is 0 Å². The zero-order valence-corrected chi connectivity index (χ0v) is 14.1. The van der Waals surface area contributed by atoms with Gasteiger partial charge in [0.2, 0.25) is 10.0 Å². The smallest absolute Gasteiger partial charge is 0.250 e. The van der Waals surface area contributed by atoms with Gasteiger partial charge in [-0.25, -0.2) is 13.1 Å². The van der Waals surface area contributed by atoms with Crippen molar-refractivity contribution in [1.82, 2.24) is 10.0 Å². The third kappa shape index (κ3) is 4.04. The summed E-state index contributed by atoms with van der Waals surface area (Å²) in [5, 5.41) is 3.32. The fourth-order valence-corrected chi connectivity index (χ4v) is 4.71. The summed E-state index contributed by atoms with van der Waals surface area (Å²) in [6, 6.07) is 1.78. The first-order valence-corrected chi connectivity index (χ1v) is 9.46. The normalized spacial score (nSPS) is 17.4. The number of hydrogen-bond acceptors (Lipinski definition) is 4. The first kappa shape index (κ1) is 15.9. The minimum Gasteiger partial charge on any atom is -0.312 e. The highest BCUT2D eigenvalue weighted by Crippen LogP contribution is 2.44. The summed E-state index contributed by atoms with van der Waals surface area (Å²) in [5.41, 5.74) is 1.24. The second-order valence-electron chi connectivity index (χ2n) is 5.98. The molecule has 0 aromatic carbocycles. The van der Waals surface area contributed by atoms with E-state index in [0.717, 1.165) is 42.8 Å². The lowest BCUT2D eigenvalue weighted by molar-refractivity contribution is 0.531. The molecule has 0 amide bonds. The van der Waals surface area contributed by atoms with Crippen LogP contribution >= 0.6 is 11.3 Å². The number of rotatable bonds is 8. The van der Waals surface area contributed by atoms with Gasteiger partial charge in [-0.3, -0.25) is 0 Å². The monoisotopic (exact) mass is 316 g/mol. The van der Waals surface area contributed by atoms with Crippen molar-refractivity contribution in [3.8, 4) is 0 Å². The molecule has 4 nitrogen and oxygen atoms in total. The fourth-order valence-electron chi connectivity index (χ4n) is 1.91. The molecule has 0 atom stereocenters. The van der Waals surface area contributed by atoms with Gasteiger partial charge < -0.3 is 5.32 Å². The quantitative estimate of drug-likeness (QED) is 0.725. The van der Waals surface area contributed by atoms with Crippen molar-refractivity contribution in [3.63, 3.8) is 0 Å². The van der Waals surface area contributed by atoms with Crippen molar-refractivity contribution >= 4 is 21.4 Å². The molecule has 0 saturated heterocycles. The minimum atomic E-state index is -3.34. The molecule has 114 valence electrons. The van der Waals surface area contributed by atoms with Crippen molar-refractivity contribution in [2.24, 2.45) is 5.41 Å². The van der Waals surface area contributed by atoms with E-state index in [4.69, 9.17) is 0 Å². The molecule has 1 fully saturated rings. The molecule has 0 unspecified atom stereocenters. The SMILES string of the molecule is CCCNCc1sc(S(=O)(=O)NCC2(C)CC2)cc1C. The van der Waals surface area contributed by atoms with Crippen molar-refractivity contribution in [3.05, 3.63) is 16.5 Å². The molecule has 0 bridgehead atoms. The second-order valence-corrected chi connectivity index (χ2v) is 9.11. The Hall–Kier alpha value is -0.430. The summed E-state index contributed by atoms with van der Waals surface area (Å²) in [6.07, 6.45) is 3.31. The van der Waals surface area contributed by atoms with E-state index in [-0.39, 0.29) is 5.41 Å². The molecule has 1 aromatic heterocycles. The molecule has 0 aliphatic heterocycles. The topological polar surface area (TPSA) is 58.2 Å². The van der Waals surface area contributed by atoms with Gasteiger partial charge in [0.1, 0.15) is 4.21 Å². The Morgan fingerprint density at radius 2 is 2.10 bits per heavy atom. The maximum absolute atomic E-state index is 12.3. The van der Waals surface area contributed by atoms with E-state index in [9.17, 15) is 8.42 Å². The predicted molar refractivity (Wildman–Crippen MR) is 83.6 cm³/mol. The van der Waals surface area contributed by atoms with Crippen LogP contribution in [0.5, 0.6) is 0 Å². The van der Waals surface area contributed by atoms with Gasteiger partial charge in [-0.15, -0.1) is 11.3 Å². The second kappa shape index (κ2) is 6.13. The van der Waals surface area contributed by atoms with Crippen LogP contribution in [0.25, 0.3) is 0 Å². The van der Waals surface area contributed by atoms with Crippen LogP contribution in [0, 0.1) is 12.3 Å². The average molecular weight is 316 g/mol. The Morgan fingerprint density at radius 1 is 1.40 bits per heavy atom. The Bertz CT molecular complexity index is 560. The van der Waals surface area contributed by atoms with E-state index >= 15 is 0 Å². The van der Waals surface area contributed by atoms with Crippen LogP contribution in [0.2, 0.25) is 0 Å². The van der Waals surface area contributed by atoms with Crippen molar-refractivity contribution in [1.29, 1.82) is 0 Å². The number of thiophene rings is 1. The van der Waals surface area contributed by atoms with Gasteiger partial charge in [-0.2, -0.15) is 0 Å². The largest absolute Gasteiger partial charge is 0.312 e. The van der Waals surface area contributed by atoms with Crippen LogP contribution in [0.4, 0.5) is 0 Å². The van der Waals surface area contributed by atoms with Crippen molar-refractivity contribution in [2.75, 3.05) is 13.1 Å². The van der Waals surface area contributed by atoms with Crippen molar-refractivity contribution in [2.45, 2.75) is 50.8 Å². The molecule has 2 rings (SSSR count). The standard InChI is InChI=1S/C14H24N2O2S2/c1-4-7-15-9-12-11(2)8-13(19-12)20(17,18)16-10-14(3)5-6-14/h8,15-16H,4-7,9-10H2,1-3H3. The van der Waals surface area contributed by atoms with Crippen LogP contribution in [-0.4, -0.2) is 21.5 Å². The van der Waals surface area contributed by atoms with Gasteiger partial charge in [0, 0.05) is 18.0 Å². The van der Waals surface area contributed by atoms with Crippen LogP contribution < -0.4 is 10.0 Å². The number of hydrogen-bond donors (Lipinski definition) is 2. The van der Waals surface area contributed by atoms with Crippen molar-refractivity contribution < 1.29 is 8.42 Å². The highest BCUT2D eigenvalue weighted by Gasteiger charge is 2.38. The predicted octanol–water partition coefficient (Wildman–Crippen LogP) is 2.63. The lowest BCUT2D eigenvalue weighted by atomic mass is 10.2. The fraction of sp³-hybridized carbons (Fsp3) is 0.714. The molecule has 0 radical (unpaired) electrons. The zero-order valence-electron chi connectivity index (χ0n) is 12.5. The Labute approximate surface area is 126 Å². The highest BCUT2D eigenvalue weighted by atomic mass is 32.2. The summed E-state index contributed by atoms with van der Waals surface area (Å²) in [5.74, 6) is 0. The van der Waals surface area contributed by atoms with Crippen LogP contribution in [-0.2, 0) is 16.6 Å². The molecule has 20 heavy (non-hydrogen) atoms. The van der Waals surface area contributed by atoms with Gasteiger partial charge in [0.15, 0.2) is 0 Å². The maximum Gasteiger partial charge on any atom is 0.250 e. The van der Waals surface area contributed by atoms with E-state index in [1.807, 2.05) is 6.92 Å². The number of sulfonamides is 1. The third-order valence-corrected chi connectivity index (χ3v) is 6.88. The third-order valence-electron chi connectivity index (χ3n) is 3.77. The highest BCUT2D eigenvalue weighted by molar-refractivity contribution is 7.91. The number of nitrogens with one attached hydrogen (secondary N) is 2. The lowest BCUT2D eigenvalue weighted by Gasteiger charge is -2.09. The molecule has 1 aliphatic rings. The molecule has 1 heterocycles. The summed E-state index contributed by atoms with van der Waals surface area (Å²) < 4.78 is 27.7. The molecule has 1 aromatic rings. The summed E-state index contributed by atoms with van der Waals surface area (Å²) >= 11 is 1.37. The van der Waals surface area contributed by atoms with E-state index in [0.29, 0.717) is 10.8 Å². The van der Waals surface area contributed by atoms with Crippen LogP contribution in [0.1, 0.15) is 43.6 Å². The minimum absolute atomic E-state index is 0.185. The molecule has 1 saturated carbocycles. The van der Waals surface area contributed by atoms with Gasteiger partial charge in [0.05, 0.1) is 0 Å². The first-order valence-electron chi connectivity index (χ1n) is 7.16. The van der Waals surface area contributed by atoms with E-state index < -0.39 is 10.0 Å². The molecular formula is C14H24N2O2S2. The Balaban J connectivity index is 2.01. The average Bonchev–Trinajstić information content (AvgIpc) is 3.01. The Kier molecular flexibility index (Phi) is 4.89. The molecular weight excluding hydrogens is 292 g/mol. The molecule has 0 spiro atoms. The van der Waals surface area contributed by atoms with E-state index in [1.165, 1.54) is 11.3 Å². The van der Waals surface area contributed by atoms with Gasteiger partial charge in [-0.1, -0.05) is 13.8 Å². The van der Waals surface area contributed by atoms with Gasteiger partial charge in [-0.05, 0) is 49.8 Å². The number of aryl methyl sites for hydroxylation is 1. The zero-order chi connectivity index (χ0) is 14.8. The van der Waals surface area contributed by atoms with Crippen LogP contribution in [0.15, 0.2) is 10.3 Å².